The number of nitrogens with zero attached hydrogens (tertiary/aromatic N) is 1. The highest BCUT2D eigenvalue weighted by molar-refractivity contribution is 9.10. The zero-order valence-corrected chi connectivity index (χ0v) is 14.7. The fraction of sp³-hybridized carbons (Fsp3) is 0.412. The van der Waals surface area contributed by atoms with Gasteiger partial charge in [-0.3, -0.25) is 0 Å². The fourth-order valence-corrected chi connectivity index (χ4v) is 3.89. The molecule has 1 N–H and O–H groups in total. The summed E-state index contributed by atoms with van der Waals surface area (Å²) in [7, 11) is 0. The summed E-state index contributed by atoms with van der Waals surface area (Å²) in [5.41, 5.74) is 2.66. The van der Waals surface area contributed by atoms with E-state index < -0.39 is 0 Å². The van der Waals surface area contributed by atoms with Gasteiger partial charge in [-0.2, -0.15) is 0 Å². The van der Waals surface area contributed by atoms with Crippen molar-refractivity contribution in [2.75, 3.05) is 11.4 Å². The van der Waals surface area contributed by atoms with Crippen molar-refractivity contribution < 1.29 is 0 Å². The van der Waals surface area contributed by atoms with Crippen molar-refractivity contribution in [3.63, 3.8) is 0 Å². The standard InChI is InChI=1S/C17H21BrN2S/c1-2-19-11-13-5-8-17(16(18)10-13)20(14-6-7-14)12-15-4-3-9-21-15/h3-5,8-10,14,19H,2,6-7,11-12H2,1H3. The highest BCUT2D eigenvalue weighted by atomic mass is 79.9. The first-order valence-electron chi connectivity index (χ1n) is 7.56. The van der Waals surface area contributed by atoms with Crippen LogP contribution in [0.5, 0.6) is 0 Å². The minimum atomic E-state index is 0.711. The molecule has 1 aliphatic rings. The Balaban J connectivity index is 1.79. The zero-order chi connectivity index (χ0) is 14.7. The molecule has 0 radical (unpaired) electrons. The van der Waals surface area contributed by atoms with Gasteiger partial charge >= 0.3 is 0 Å². The number of nitrogens with one attached hydrogen (secondary N) is 1. The molecule has 0 atom stereocenters. The van der Waals surface area contributed by atoms with E-state index in [0.717, 1.165) is 19.6 Å². The van der Waals surface area contributed by atoms with Crippen LogP contribution < -0.4 is 10.2 Å². The lowest BCUT2D eigenvalue weighted by Crippen LogP contribution is -2.25. The lowest BCUT2D eigenvalue weighted by atomic mass is 10.2. The summed E-state index contributed by atoms with van der Waals surface area (Å²) >= 11 is 5.62. The smallest absolute Gasteiger partial charge is 0.0526 e. The quantitative estimate of drug-likeness (QED) is 0.759. The number of benzene rings is 1. The Bertz CT molecular complexity index is 578. The molecule has 1 aromatic carbocycles. The predicted octanol–water partition coefficient (Wildman–Crippen LogP) is 4.79. The topological polar surface area (TPSA) is 15.3 Å². The van der Waals surface area contributed by atoms with Crippen molar-refractivity contribution in [2.45, 2.75) is 38.9 Å². The highest BCUT2D eigenvalue weighted by Gasteiger charge is 2.30. The number of anilines is 1. The van der Waals surface area contributed by atoms with Crippen LogP contribution in [0.25, 0.3) is 0 Å². The summed E-state index contributed by atoms with van der Waals surface area (Å²) in [6.45, 7) is 5.10. The molecular formula is C17H21BrN2S. The van der Waals surface area contributed by atoms with E-state index in [1.54, 1.807) is 0 Å². The van der Waals surface area contributed by atoms with Gasteiger partial charge in [-0.25, -0.2) is 0 Å². The monoisotopic (exact) mass is 364 g/mol. The van der Waals surface area contributed by atoms with E-state index in [-0.39, 0.29) is 0 Å². The van der Waals surface area contributed by atoms with E-state index in [4.69, 9.17) is 0 Å². The molecule has 0 saturated heterocycles. The van der Waals surface area contributed by atoms with Gasteiger partial charge in [0.1, 0.15) is 0 Å². The van der Waals surface area contributed by atoms with Gasteiger partial charge in [0.2, 0.25) is 0 Å². The molecule has 1 aromatic heterocycles. The third-order valence-corrected chi connectivity index (χ3v) is 5.29. The maximum absolute atomic E-state index is 3.77. The lowest BCUT2D eigenvalue weighted by Gasteiger charge is -2.25. The summed E-state index contributed by atoms with van der Waals surface area (Å²) < 4.78 is 1.21. The fourth-order valence-electron chi connectivity index (χ4n) is 2.53. The zero-order valence-electron chi connectivity index (χ0n) is 12.3. The number of rotatable bonds is 7. The minimum absolute atomic E-state index is 0.711. The Morgan fingerprint density at radius 1 is 1.33 bits per heavy atom. The average Bonchev–Trinajstić information content (AvgIpc) is 3.20. The van der Waals surface area contributed by atoms with Crippen LogP contribution in [-0.4, -0.2) is 12.6 Å². The third kappa shape index (κ3) is 3.87. The third-order valence-electron chi connectivity index (χ3n) is 3.79. The molecule has 2 nitrogen and oxygen atoms in total. The average molecular weight is 365 g/mol. The molecule has 112 valence electrons. The van der Waals surface area contributed by atoms with Gasteiger partial charge in [0.05, 0.1) is 12.2 Å². The number of thiophene rings is 1. The van der Waals surface area contributed by atoms with Crippen LogP contribution in [-0.2, 0) is 13.1 Å². The Kier molecular flexibility index (Phi) is 4.99. The molecule has 3 rings (SSSR count). The van der Waals surface area contributed by atoms with Crippen molar-refractivity contribution >= 4 is 33.0 Å². The Labute approximate surface area is 139 Å². The predicted molar refractivity (Wildman–Crippen MR) is 95.0 cm³/mol. The van der Waals surface area contributed by atoms with Crippen LogP contribution in [0.3, 0.4) is 0 Å². The number of hydrogen-bond acceptors (Lipinski definition) is 3. The van der Waals surface area contributed by atoms with Gasteiger partial charge in [-0.1, -0.05) is 19.1 Å². The van der Waals surface area contributed by atoms with E-state index in [1.807, 2.05) is 11.3 Å². The molecule has 0 amide bonds. The van der Waals surface area contributed by atoms with E-state index in [2.05, 4.69) is 68.8 Å². The molecular weight excluding hydrogens is 344 g/mol. The molecule has 0 bridgehead atoms. The first-order chi connectivity index (χ1) is 10.3. The molecule has 1 aliphatic carbocycles. The van der Waals surface area contributed by atoms with Crippen LogP contribution >= 0.6 is 27.3 Å². The minimum Gasteiger partial charge on any atom is -0.362 e. The van der Waals surface area contributed by atoms with E-state index in [1.165, 1.54) is 33.4 Å². The van der Waals surface area contributed by atoms with Gasteiger partial charge in [0.15, 0.2) is 0 Å². The normalized spacial score (nSPS) is 14.4. The summed E-state index contributed by atoms with van der Waals surface area (Å²) in [6, 6.07) is 11.8. The van der Waals surface area contributed by atoms with Crippen molar-refractivity contribution in [3.05, 3.63) is 50.6 Å². The molecule has 0 spiro atoms. The Hall–Kier alpha value is -0.840. The molecule has 2 aromatic rings. The van der Waals surface area contributed by atoms with Crippen LogP contribution in [0.15, 0.2) is 40.2 Å². The van der Waals surface area contributed by atoms with E-state index in [0.29, 0.717) is 6.04 Å². The van der Waals surface area contributed by atoms with E-state index >= 15 is 0 Å². The summed E-state index contributed by atoms with van der Waals surface area (Å²) in [5.74, 6) is 0. The lowest BCUT2D eigenvalue weighted by molar-refractivity contribution is 0.725. The van der Waals surface area contributed by atoms with Gasteiger partial charge < -0.3 is 10.2 Å². The largest absolute Gasteiger partial charge is 0.362 e. The van der Waals surface area contributed by atoms with Gasteiger partial charge in [-0.05, 0) is 64.5 Å². The SMILES string of the molecule is CCNCc1ccc(N(Cc2cccs2)C2CC2)c(Br)c1. The van der Waals surface area contributed by atoms with Crippen LogP contribution in [0.2, 0.25) is 0 Å². The Morgan fingerprint density at radius 2 is 2.19 bits per heavy atom. The summed E-state index contributed by atoms with van der Waals surface area (Å²) in [5, 5.41) is 5.54. The van der Waals surface area contributed by atoms with Crippen molar-refractivity contribution in [1.29, 1.82) is 0 Å². The molecule has 4 heteroatoms. The van der Waals surface area contributed by atoms with Crippen molar-refractivity contribution in [1.82, 2.24) is 5.32 Å². The highest BCUT2D eigenvalue weighted by Crippen LogP contribution is 2.37. The molecule has 1 saturated carbocycles. The first kappa shape index (κ1) is 15.1. The molecule has 1 fully saturated rings. The van der Waals surface area contributed by atoms with Crippen LogP contribution in [0.1, 0.15) is 30.2 Å². The molecule has 0 unspecified atom stereocenters. The second-order valence-electron chi connectivity index (χ2n) is 5.50. The molecule has 21 heavy (non-hydrogen) atoms. The summed E-state index contributed by atoms with van der Waals surface area (Å²) in [6.07, 6.45) is 2.63. The maximum Gasteiger partial charge on any atom is 0.0526 e. The van der Waals surface area contributed by atoms with Crippen molar-refractivity contribution in [2.24, 2.45) is 0 Å². The van der Waals surface area contributed by atoms with Crippen LogP contribution in [0.4, 0.5) is 5.69 Å². The van der Waals surface area contributed by atoms with Gasteiger partial charge in [-0.15, -0.1) is 11.3 Å². The molecule has 1 heterocycles. The summed E-state index contributed by atoms with van der Waals surface area (Å²) in [4.78, 5) is 3.98. The first-order valence-corrected chi connectivity index (χ1v) is 9.23. The maximum atomic E-state index is 3.77. The Morgan fingerprint density at radius 3 is 2.81 bits per heavy atom. The second kappa shape index (κ2) is 6.95. The molecule has 0 aliphatic heterocycles. The van der Waals surface area contributed by atoms with Gasteiger partial charge in [0, 0.05) is 21.9 Å². The van der Waals surface area contributed by atoms with Crippen LogP contribution in [0, 0.1) is 0 Å². The van der Waals surface area contributed by atoms with E-state index in [9.17, 15) is 0 Å². The number of halogens is 1. The second-order valence-corrected chi connectivity index (χ2v) is 7.39. The number of hydrogen-bond donors (Lipinski definition) is 1. The van der Waals surface area contributed by atoms with Gasteiger partial charge in [0.25, 0.3) is 0 Å². The van der Waals surface area contributed by atoms with Crippen molar-refractivity contribution in [3.8, 4) is 0 Å².